The van der Waals surface area contributed by atoms with Gasteiger partial charge >= 0.3 is 0 Å². The van der Waals surface area contributed by atoms with Crippen LogP contribution in [0.3, 0.4) is 0 Å². The van der Waals surface area contributed by atoms with Crippen molar-refractivity contribution >= 4 is 81.2 Å². The Morgan fingerprint density at radius 1 is 0.519 bits per heavy atom. The van der Waals surface area contributed by atoms with Gasteiger partial charge in [-0.25, -0.2) is 4.98 Å². The number of rotatable bonds is 4. The van der Waals surface area contributed by atoms with Crippen molar-refractivity contribution in [3.63, 3.8) is 0 Å². The maximum Gasteiger partial charge on any atom is 0.227 e. The summed E-state index contributed by atoms with van der Waals surface area (Å²) in [6.07, 6.45) is 0. The predicted molar refractivity (Wildman–Crippen MR) is 220 cm³/mol. The van der Waals surface area contributed by atoms with Crippen LogP contribution in [-0.4, -0.2) is 4.98 Å². The van der Waals surface area contributed by atoms with Crippen LogP contribution in [0.2, 0.25) is 0 Å². The summed E-state index contributed by atoms with van der Waals surface area (Å²) in [4.78, 5) is 7.28. The van der Waals surface area contributed by atoms with E-state index >= 15 is 0 Å². The summed E-state index contributed by atoms with van der Waals surface area (Å²) in [6, 6.07) is 57.2. The molecule has 2 aromatic heterocycles. The molecule has 3 nitrogen and oxygen atoms in total. The van der Waals surface area contributed by atoms with Crippen molar-refractivity contribution in [1.29, 1.82) is 0 Å². The molecule has 1 aliphatic rings. The van der Waals surface area contributed by atoms with Crippen LogP contribution in [0.15, 0.2) is 162 Å². The first-order valence-electron chi connectivity index (χ1n) is 17.8. The normalized spacial score (nSPS) is 13.3. The second kappa shape index (κ2) is 10.9. The largest absolute Gasteiger partial charge is 0.436 e. The maximum atomic E-state index is 6.35. The Labute approximate surface area is 305 Å². The van der Waals surface area contributed by atoms with Crippen LogP contribution in [0.5, 0.6) is 0 Å². The summed E-state index contributed by atoms with van der Waals surface area (Å²) in [7, 11) is 0. The van der Waals surface area contributed by atoms with Gasteiger partial charge in [-0.15, -0.1) is 11.3 Å². The monoisotopic (exact) mass is 684 g/mol. The van der Waals surface area contributed by atoms with Crippen molar-refractivity contribution in [1.82, 2.24) is 4.98 Å². The first-order valence-corrected chi connectivity index (χ1v) is 18.6. The van der Waals surface area contributed by atoms with Gasteiger partial charge in [-0.05, 0) is 129 Å². The van der Waals surface area contributed by atoms with Gasteiger partial charge in [0.1, 0.15) is 5.52 Å². The Balaban J connectivity index is 1.06. The molecule has 10 aromatic rings. The third-order valence-electron chi connectivity index (χ3n) is 11.0. The van der Waals surface area contributed by atoms with Crippen LogP contribution in [0.4, 0.5) is 17.1 Å². The fourth-order valence-electron chi connectivity index (χ4n) is 8.42. The maximum absolute atomic E-state index is 6.35. The lowest BCUT2D eigenvalue weighted by Gasteiger charge is -2.26. The van der Waals surface area contributed by atoms with Crippen molar-refractivity contribution in [3.05, 3.63) is 169 Å². The highest BCUT2D eigenvalue weighted by Gasteiger charge is 2.37. The molecule has 0 N–H and O–H groups in total. The molecule has 4 heteroatoms. The van der Waals surface area contributed by atoms with Crippen molar-refractivity contribution in [2.75, 3.05) is 4.90 Å². The van der Waals surface area contributed by atoms with Gasteiger partial charge in [-0.2, -0.15) is 0 Å². The van der Waals surface area contributed by atoms with Crippen molar-refractivity contribution in [3.8, 4) is 22.6 Å². The van der Waals surface area contributed by atoms with Gasteiger partial charge in [0.15, 0.2) is 5.58 Å². The van der Waals surface area contributed by atoms with Crippen molar-refractivity contribution < 1.29 is 4.42 Å². The summed E-state index contributed by atoms with van der Waals surface area (Å²) >= 11 is 1.85. The van der Waals surface area contributed by atoms with Gasteiger partial charge in [0, 0.05) is 48.2 Å². The number of hydrogen-bond acceptors (Lipinski definition) is 4. The van der Waals surface area contributed by atoms with Gasteiger partial charge < -0.3 is 9.32 Å². The molecule has 0 saturated carbocycles. The topological polar surface area (TPSA) is 29.3 Å². The quantitative estimate of drug-likeness (QED) is 0.173. The fourth-order valence-corrected chi connectivity index (χ4v) is 9.51. The summed E-state index contributed by atoms with van der Waals surface area (Å²) in [6.45, 7) is 4.66. The lowest BCUT2D eigenvalue weighted by molar-refractivity contribution is 0.619. The first kappa shape index (κ1) is 29.5. The number of hydrogen-bond donors (Lipinski definition) is 0. The van der Waals surface area contributed by atoms with Gasteiger partial charge in [0.2, 0.25) is 5.89 Å². The first-order chi connectivity index (χ1) is 25.5. The van der Waals surface area contributed by atoms with Crippen LogP contribution in [0, 0.1) is 0 Å². The Hall–Kier alpha value is -6.23. The minimum Gasteiger partial charge on any atom is -0.436 e. The molecule has 0 fully saturated rings. The average Bonchev–Trinajstić information content (AvgIpc) is 3.84. The zero-order valence-electron chi connectivity index (χ0n) is 28.7. The number of nitrogens with zero attached hydrogens (tertiary/aromatic N) is 2. The molecule has 0 amide bonds. The predicted octanol–water partition coefficient (Wildman–Crippen LogP) is 13.9. The van der Waals surface area contributed by atoms with E-state index in [4.69, 9.17) is 9.40 Å². The second-order valence-electron chi connectivity index (χ2n) is 14.4. The molecular formula is C48H32N2OS. The van der Waals surface area contributed by atoms with Crippen LogP contribution >= 0.6 is 11.3 Å². The Morgan fingerprint density at radius 2 is 1.19 bits per heavy atom. The molecule has 0 spiro atoms. The van der Waals surface area contributed by atoms with E-state index in [9.17, 15) is 0 Å². The van der Waals surface area contributed by atoms with Crippen LogP contribution in [-0.2, 0) is 5.41 Å². The lowest BCUT2D eigenvalue weighted by atomic mass is 9.81. The van der Waals surface area contributed by atoms with E-state index in [1.54, 1.807) is 0 Å². The lowest BCUT2D eigenvalue weighted by Crippen LogP contribution is -2.14. The van der Waals surface area contributed by atoms with E-state index in [1.165, 1.54) is 64.0 Å². The molecule has 0 saturated heterocycles. The van der Waals surface area contributed by atoms with Gasteiger partial charge in [0.25, 0.3) is 0 Å². The highest BCUT2D eigenvalue weighted by atomic mass is 32.1. The molecule has 8 aromatic carbocycles. The Kier molecular flexibility index (Phi) is 6.17. The average molecular weight is 685 g/mol. The molecule has 52 heavy (non-hydrogen) atoms. The molecule has 0 bridgehead atoms. The standard InChI is InChI=1S/C48H32N2OS/c1-48(2)41-24-31-18-17-30-23-33(50(32-13-7-4-8-14-32)34-20-22-46-40(25-34)36-15-9-10-16-45(36)52-46)19-21-35(30)37(31)26-38(41)39-27-44-43(28-42(39)48)49-47(51-44)29-11-5-3-6-12-29/h3-28H,1-2H3. The highest BCUT2D eigenvalue weighted by molar-refractivity contribution is 7.25. The molecule has 0 atom stereocenters. The molecule has 11 rings (SSSR count). The summed E-state index contributed by atoms with van der Waals surface area (Å²) in [5.41, 5.74) is 11.1. The van der Waals surface area contributed by atoms with E-state index in [-0.39, 0.29) is 5.41 Å². The van der Waals surface area contributed by atoms with E-state index in [1.807, 2.05) is 41.7 Å². The fraction of sp³-hybridized carbons (Fsp3) is 0.0625. The van der Waals surface area contributed by atoms with Gasteiger partial charge in [-0.3, -0.25) is 0 Å². The number of para-hydroxylation sites is 1. The minimum absolute atomic E-state index is 0.164. The number of oxazole rings is 1. The van der Waals surface area contributed by atoms with Crippen molar-refractivity contribution in [2.45, 2.75) is 19.3 Å². The molecule has 246 valence electrons. The SMILES string of the molecule is CC1(C)c2cc3ccc4cc(N(c5ccccc5)c5ccc6sc7ccccc7c6c5)ccc4c3cc2-c2cc3oc(-c4ccccc4)nc3cc21. The zero-order chi connectivity index (χ0) is 34.6. The van der Waals surface area contributed by atoms with Crippen molar-refractivity contribution in [2.24, 2.45) is 0 Å². The molecule has 2 heterocycles. The summed E-state index contributed by atoms with van der Waals surface area (Å²) in [5.74, 6) is 0.658. The third kappa shape index (κ3) is 4.34. The number of fused-ring (bicyclic) bond motifs is 10. The van der Waals surface area contributed by atoms with E-state index < -0.39 is 0 Å². The molecule has 0 unspecified atom stereocenters. The van der Waals surface area contributed by atoms with Crippen LogP contribution < -0.4 is 4.90 Å². The zero-order valence-corrected chi connectivity index (χ0v) is 29.5. The molecule has 0 aliphatic heterocycles. The van der Waals surface area contributed by atoms with Gasteiger partial charge in [-0.1, -0.05) is 86.6 Å². The van der Waals surface area contributed by atoms with Crippen LogP contribution in [0.25, 0.3) is 75.4 Å². The Bertz CT molecular complexity index is 3050. The number of benzene rings is 8. The van der Waals surface area contributed by atoms with E-state index in [2.05, 4.69) is 146 Å². The van der Waals surface area contributed by atoms with Gasteiger partial charge in [0.05, 0.1) is 0 Å². The Morgan fingerprint density at radius 3 is 2.04 bits per heavy atom. The summed E-state index contributed by atoms with van der Waals surface area (Å²) < 4.78 is 8.98. The number of anilines is 3. The number of thiophene rings is 1. The minimum atomic E-state index is -0.164. The highest BCUT2D eigenvalue weighted by Crippen LogP contribution is 2.52. The van der Waals surface area contributed by atoms with Crippen LogP contribution in [0.1, 0.15) is 25.0 Å². The van der Waals surface area contributed by atoms with E-state index in [0.717, 1.165) is 33.7 Å². The second-order valence-corrected chi connectivity index (χ2v) is 15.5. The molecule has 1 aliphatic carbocycles. The summed E-state index contributed by atoms with van der Waals surface area (Å²) in [5, 5.41) is 7.56. The smallest absolute Gasteiger partial charge is 0.227 e. The van der Waals surface area contributed by atoms with E-state index in [0.29, 0.717) is 5.89 Å². The third-order valence-corrected chi connectivity index (χ3v) is 12.2. The molecule has 0 radical (unpaired) electrons. The number of aromatic nitrogens is 1. The molecular weight excluding hydrogens is 653 g/mol.